The molecule has 0 aromatic carbocycles. The lowest BCUT2D eigenvalue weighted by Gasteiger charge is -2.09. The number of pyridine rings is 2. The third kappa shape index (κ3) is 3.53. The van der Waals surface area contributed by atoms with E-state index in [1.165, 1.54) is 14.1 Å². The molecule has 0 unspecified atom stereocenters. The van der Waals surface area contributed by atoms with Gasteiger partial charge in [0.15, 0.2) is 0 Å². The van der Waals surface area contributed by atoms with E-state index in [1.807, 2.05) is 6.07 Å². The number of rotatable bonds is 4. The molecule has 3 N–H and O–H groups in total. The molecule has 0 saturated carbocycles. The topological polar surface area (TPSA) is 96.0 Å². The largest absolute Gasteiger partial charge is 0.354 e. The molecule has 0 fully saturated rings. The Morgan fingerprint density at radius 2 is 1.62 bits per heavy atom. The van der Waals surface area contributed by atoms with Crippen LogP contribution in [0.5, 0.6) is 0 Å². The molecule has 7 heteroatoms. The lowest BCUT2D eigenvalue weighted by molar-refractivity contribution is 0.0954. The monoisotopic (exact) mass is 285 g/mol. The summed E-state index contributed by atoms with van der Waals surface area (Å²) in [6.45, 7) is 0. The van der Waals surface area contributed by atoms with Gasteiger partial charge >= 0.3 is 0 Å². The van der Waals surface area contributed by atoms with Crippen LogP contribution in [0.1, 0.15) is 21.0 Å². The van der Waals surface area contributed by atoms with Gasteiger partial charge in [-0.2, -0.15) is 0 Å². The molecule has 2 rings (SSSR count). The van der Waals surface area contributed by atoms with Crippen molar-refractivity contribution in [3.8, 4) is 0 Å². The molecule has 0 aliphatic rings. The normalized spacial score (nSPS) is 9.81. The van der Waals surface area contributed by atoms with Gasteiger partial charge in [0, 0.05) is 26.0 Å². The molecule has 0 aliphatic carbocycles. The van der Waals surface area contributed by atoms with E-state index in [9.17, 15) is 9.59 Å². The summed E-state index contributed by atoms with van der Waals surface area (Å²) in [7, 11) is 3.00. The van der Waals surface area contributed by atoms with Crippen LogP contribution in [0.25, 0.3) is 0 Å². The van der Waals surface area contributed by atoms with Crippen LogP contribution < -0.4 is 16.0 Å². The SMILES string of the molecule is CNC(=O)c1cc(Nc2ccccn2)cc(C(=O)NC)n1. The van der Waals surface area contributed by atoms with E-state index in [0.717, 1.165) is 0 Å². The van der Waals surface area contributed by atoms with Gasteiger partial charge in [-0.05, 0) is 24.3 Å². The molecule has 2 aromatic rings. The molecular formula is C14H15N5O2. The van der Waals surface area contributed by atoms with Gasteiger partial charge < -0.3 is 16.0 Å². The molecule has 7 nitrogen and oxygen atoms in total. The summed E-state index contributed by atoms with van der Waals surface area (Å²) in [4.78, 5) is 31.6. The highest BCUT2D eigenvalue weighted by Crippen LogP contribution is 2.16. The zero-order chi connectivity index (χ0) is 15.2. The summed E-state index contributed by atoms with van der Waals surface area (Å²) in [5.41, 5.74) is 0.856. The van der Waals surface area contributed by atoms with E-state index in [1.54, 1.807) is 30.5 Å². The fraction of sp³-hybridized carbons (Fsp3) is 0.143. The summed E-state index contributed by atoms with van der Waals surface area (Å²) in [5, 5.41) is 7.99. The molecule has 0 spiro atoms. The number of aromatic nitrogens is 2. The van der Waals surface area contributed by atoms with E-state index in [0.29, 0.717) is 11.5 Å². The molecule has 2 aromatic heterocycles. The maximum atomic E-state index is 11.7. The van der Waals surface area contributed by atoms with Crippen LogP contribution in [0.4, 0.5) is 11.5 Å². The second-order valence-electron chi connectivity index (χ2n) is 4.12. The van der Waals surface area contributed by atoms with Crippen molar-refractivity contribution in [2.45, 2.75) is 0 Å². The van der Waals surface area contributed by atoms with Crippen molar-refractivity contribution in [3.63, 3.8) is 0 Å². The standard InChI is InChI=1S/C14H15N5O2/c1-15-13(20)10-7-9(8-11(19-10)14(21)16-2)18-12-5-3-4-6-17-12/h3-8H,1-2H3,(H,15,20)(H,16,21)(H,17,18,19). The third-order valence-corrected chi connectivity index (χ3v) is 2.68. The zero-order valence-corrected chi connectivity index (χ0v) is 11.7. The zero-order valence-electron chi connectivity index (χ0n) is 11.7. The summed E-state index contributed by atoms with van der Waals surface area (Å²) in [6, 6.07) is 8.51. The lowest BCUT2D eigenvalue weighted by atomic mass is 10.2. The van der Waals surface area contributed by atoms with Gasteiger partial charge in [0.2, 0.25) is 0 Å². The lowest BCUT2D eigenvalue weighted by Crippen LogP contribution is -2.24. The average molecular weight is 285 g/mol. The van der Waals surface area contributed by atoms with Crippen molar-refractivity contribution in [1.29, 1.82) is 0 Å². The highest BCUT2D eigenvalue weighted by Gasteiger charge is 2.13. The first kappa shape index (κ1) is 14.4. The van der Waals surface area contributed by atoms with Crippen LogP contribution in [-0.4, -0.2) is 35.9 Å². The minimum atomic E-state index is -0.371. The van der Waals surface area contributed by atoms with E-state index in [2.05, 4.69) is 25.9 Å². The number of amides is 2. The van der Waals surface area contributed by atoms with E-state index in [-0.39, 0.29) is 23.2 Å². The molecule has 0 saturated heterocycles. The molecule has 21 heavy (non-hydrogen) atoms. The summed E-state index contributed by atoms with van der Waals surface area (Å²) in [6.07, 6.45) is 1.64. The predicted octanol–water partition coefficient (Wildman–Crippen LogP) is 0.939. The van der Waals surface area contributed by atoms with Crippen molar-refractivity contribution in [2.24, 2.45) is 0 Å². The summed E-state index contributed by atoms with van der Waals surface area (Å²) in [5.74, 6) is -0.135. The van der Waals surface area contributed by atoms with Crippen molar-refractivity contribution >= 4 is 23.3 Å². The number of anilines is 2. The Kier molecular flexibility index (Phi) is 4.45. The second-order valence-corrected chi connectivity index (χ2v) is 4.12. The van der Waals surface area contributed by atoms with Crippen LogP contribution in [0.2, 0.25) is 0 Å². The van der Waals surface area contributed by atoms with Gasteiger partial charge in [0.05, 0.1) is 0 Å². The number of carbonyl (C=O) groups excluding carboxylic acids is 2. The van der Waals surface area contributed by atoms with Gasteiger partial charge in [-0.15, -0.1) is 0 Å². The Morgan fingerprint density at radius 1 is 1.00 bits per heavy atom. The molecule has 2 heterocycles. The number of carbonyl (C=O) groups is 2. The fourth-order valence-electron chi connectivity index (χ4n) is 1.68. The highest BCUT2D eigenvalue weighted by molar-refractivity contribution is 5.97. The fourth-order valence-corrected chi connectivity index (χ4v) is 1.68. The summed E-state index contributed by atoms with van der Waals surface area (Å²) < 4.78 is 0. The molecule has 0 bridgehead atoms. The van der Waals surface area contributed by atoms with E-state index in [4.69, 9.17) is 0 Å². The predicted molar refractivity (Wildman–Crippen MR) is 78.5 cm³/mol. The average Bonchev–Trinajstić information content (AvgIpc) is 2.53. The molecule has 0 radical (unpaired) electrons. The van der Waals surface area contributed by atoms with Gasteiger partial charge in [-0.25, -0.2) is 9.97 Å². The molecular weight excluding hydrogens is 270 g/mol. The first-order valence-corrected chi connectivity index (χ1v) is 6.28. The van der Waals surface area contributed by atoms with Gasteiger partial charge in [0.1, 0.15) is 17.2 Å². The number of nitrogens with one attached hydrogen (secondary N) is 3. The first-order chi connectivity index (χ1) is 10.1. The minimum Gasteiger partial charge on any atom is -0.354 e. The second kappa shape index (κ2) is 6.47. The molecule has 2 amide bonds. The Labute approximate surface area is 121 Å². The van der Waals surface area contributed by atoms with Crippen molar-refractivity contribution in [2.75, 3.05) is 19.4 Å². The number of nitrogens with zero attached hydrogens (tertiary/aromatic N) is 2. The highest BCUT2D eigenvalue weighted by atomic mass is 16.2. The Hall–Kier alpha value is -2.96. The Bertz CT molecular complexity index is 623. The van der Waals surface area contributed by atoms with Crippen molar-refractivity contribution < 1.29 is 9.59 Å². The maximum Gasteiger partial charge on any atom is 0.269 e. The van der Waals surface area contributed by atoms with Crippen molar-refractivity contribution in [3.05, 3.63) is 47.9 Å². The summed E-state index contributed by atoms with van der Waals surface area (Å²) >= 11 is 0. The first-order valence-electron chi connectivity index (χ1n) is 6.28. The van der Waals surface area contributed by atoms with Gasteiger partial charge in [0.25, 0.3) is 11.8 Å². The van der Waals surface area contributed by atoms with Crippen LogP contribution in [0.15, 0.2) is 36.5 Å². The van der Waals surface area contributed by atoms with Crippen molar-refractivity contribution in [1.82, 2.24) is 20.6 Å². The smallest absolute Gasteiger partial charge is 0.269 e. The quantitative estimate of drug-likeness (QED) is 0.777. The Balaban J connectivity index is 2.39. The van der Waals surface area contributed by atoms with Crippen LogP contribution in [0, 0.1) is 0 Å². The van der Waals surface area contributed by atoms with E-state index >= 15 is 0 Å². The molecule has 0 atom stereocenters. The number of hydrogen-bond acceptors (Lipinski definition) is 5. The van der Waals surface area contributed by atoms with Gasteiger partial charge in [-0.1, -0.05) is 6.07 Å². The Morgan fingerprint density at radius 3 is 2.10 bits per heavy atom. The van der Waals surface area contributed by atoms with Crippen LogP contribution >= 0.6 is 0 Å². The van der Waals surface area contributed by atoms with Crippen LogP contribution in [-0.2, 0) is 0 Å². The molecule has 108 valence electrons. The minimum absolute atomic E-state index is 0.150. The van der Waals surface area contributed by atoms with Gasteiger partial charge in [-0.3, -0.25) is 9.59 Å². The van der Waals surface area contributed by atoms with E-state index < -0.39 is 0 Å². The maximum absolute atomic E-state index is 11.7. The van der Waals surface area contributed by atoms with Crippen LogP contribution in [0.3, 0.4) is 0 Å². The third-order valence-electron chi connectivity index (χ3n) is 2.68. The molecule has 0 aliphatic heterocycles. The number of hydrogen-bond donors (Lipinski definition) is 3.